The minimum atomic E-state index is -4.39. The molecule has 0 aromatic heterocycles. The highest BCUT2D eigenvalue weighted by Gasteiger charge is 2.27. The van der Waals surface area contributed by atoms with E-state index < -0.39 is 26.5 Å². The summed E-state index contributed by atoms with van der Waals surface area (Å²) in [6.45, 7) is 4.50. The molecule has 0 heterocycles. The summed E-state index contributed by atoms with van der Waals surface area (Å²) in [5, 5.41) is 0. The summed E-state index contributed by atoms with van der Waals surface area (Å²) in [6, 6.07) is 0. The first-order valence-electron chi connectivity index (χ1n) is 42.4. The van der Waals surface area contributed by atoms with Crippen molar-refractivity contribution in [3.05, 3.63) is 48.6 Å². The van der Waals surface area contributed by atoms with Crippen LogP contribution >= 0.6 is 7.82 Å². The minimum absolute atomic E-state index is 0.0350. The van der Waals surface area contributed by atoms with E-state index in [-0.39, 0.29) is 25.6 Å². The number of hydrogen-bond acceptors (Lipinski definition) is 7. The number of allylic oxidation sites excluding steroid dienone is 8. The van der Waals surface area contributed by atoms with Gasteiger partial charge in [0.05, 0.1) is 27.7 Å². The van der Waals surface area contributed by atoms with Crippen LogP contribution in [0, 0.1) is 0 Å². The molecule has 0 aromatic carbocycles. The van der Waals surface area contributed by atoms with Crippen LogP contribution in [-0.4, -0.2) is 74.9 Å². The van der Waals surface area contributed by atoms with E-state index in [0.717, 1.165) is 44.9 Å². The van der Waals surface area contributed by atoms with Crippen molar-refractivity contribution >= 4 is 19.8 Å². The van der Waals surface area contributed by atoms with E-state index in [2.05, 4.69) is 62.5 Å². The quantitative estimate of drug-likeness (QED) is 0.0211. The average molecular weight is 1370 g/mol. The Labute approximate surface area is 598 Å². The van der Waals surface area contributed by atoms with Crippen LogP contribution < -0.4 is 0 Å². The summed E-state index contributed by atoms with van der Waals surface area (Å²) in [6.07, 6.45) is 103. The summed E-state index contributed by atoms with van der Waals surface area (Å²) in [7, 11) is 1.50. The van der Waals surface area contributed by atoms with Gasteiger partial charge in [0.1, 0.15) is 19.8 Å². The van der Waals surface area contributed by atoms with E-state index in [0.29, 0.717) is 23.9 Å². The second kappa shape index (κ2) is 77.1. The molecule has 1 N–H and O–H groups in total. The van der Waals surface area contributed by atoms with Gasteiger partial charge in [-0.1, -0.05) is 396 Å². The van der Waals surface area contributed by atoms with Crippen LogP contribution in [0.5, 0.6) is 0 Å². The minimum Gasteiger partial charge on any atom is -0.462 e. The van der Waals surface area contributed by atoms with Gasteiger partial charge in [0.25, 0.3) is 0 Å². The molecule has 0 aliphatic rings. The number of unbranched alkanes of at least 4 members (excludes halogenated alkanes) is 58. The molecule has 0 saturated carbocycles. The highest BCUT2D eigenvalue weighted by Crippen LogP contribution is 2.43. The average Bonchev–Trinajstić information content (AvgIpc) is 1.98. The van der Waals surface area contributed by atoms with Crippen LogP contribution in [0.2, 0.25) is 0 Å². The van der Waals surface area contributed by atoms with Gasteiger partial charge in [-0.3, -0.25) is 18.6 Å². The predicted octanol–water partition coefficient (Wildman–Crippen LogP) is 28.3. The largest absolute Gasteiger partial charge is 0.472 e. The molecule has 9 nitrogen and oxygen atoms in total. The molecule has 0 aliphatic carbocycles. The molecule has 0 bridgehead atoms. The third-order valence-electron chi connectivity index (χ3n) is 19.3. The second-order valence-electron chi connectivity index (χ2n) is 30.2. The topological polar surface area (TPSA) is 108 Å². The molecule has 0 spiro atoms. The van der Waals surface area contributed by atoms with Gasteiger partial charge in [0.15, 0.2) is 6.10 Å². The van der Waals surface area contributed by atoms with E-state index in [1.54, 1.807) is 0 Å². The number of nitrogens with zero attached hydrogens (tertiary/aromatic N) is 1. The fourth-order valence-electron chi connectivity index (χ4n) is 12.8. The summed E-state index contributed by atoms with van der Waals surface area (Å²) in [5.74, 6) is -0.770. The Hall–Kier alpha value is -2.03. The fraction of sp³-hybridized carbons (Fsp3) is 0.884. The van der Waals surface area contributed by atoms with E-state index in [4.69, 9.17) is 18.5 Å². The van der Waals surface area contributed by atoms with Crippen molar-refractivity contribution in [1.82, 2.24) is 0 Å². The lowest BCUT2D eigenvalue weighted by atomic mass is 10.0. The molecule has 0 aliphatic heterocycles. The molecule has 10 heteroatoms. The van der Waals surface area contributed by atoms with Crippen molar-refractivity contribution in [2.75, 3.05) is 47.5 Å². The lowest BCUT2D eigenvalue weighted by Crippen LogP contribution is -2.37. The Morgan fingerprint density at radius 3 is 0.844 bits per heavy atom. The first-order valence-corrected chi connectivity index (χ1v) is 43.9. The number of phosphoric ester groups is 1. The van der Waals surface area contributed by atoms with Crippen molar-refractivity contribution in [3.8, 4) is 0 Å². The molecule has 566 valence electrons. The first kappa shape index (κ1) is 94.0. The van der Waals surface area contributed by atoms with Gasteiger partial charge in [0, 0.05) is 12.8 Å². The molecule has 0 rings (SSSR count). The number of likely N-dealkylation sites (N-methyl/N-ethyl adjacent to an activating group) is 1. The third-order valence-corrected chi connectivity index (χ3v) is 20.3. The molecule has 0 fully saturated rings. The Balaban J connectivity index is 3.88. The highest BCUT2D eigenvalue weighted by molar-refractivity contribution is 7.47. The fourth-order valence-corrected chi connectivity index (χ4v) is 13.6. The summed E-state index contributed by atoms with van der Waals surface area (Å²) in [4.78, 5) is 36.0. The lowest BCUT2D eigenvalue weighted by Gasteiger charge is -2.24. The van der Waals surface area contributed by atoms with E-state index in [1.807, 2.05) is 21.1 Å². The van der Waals surface area contributed by atoms with Gasteiger partial charge in [-0.15, -0.1) is 0 Å². The number of carbonyl (C=O) groups excluding carboxylic acids is 2. The number of quaternary nitrogens is 1. The molecular formula is C86H165NO8P+. The van der Waals surface area contributed by atoms with Gasteiger partial charge in [-0.25, -0.2) is 4.57 Å². The van der Waals surface area contributed by atoms with Crippen molar-refractivity contribution in [3.63, 3.8) is 0 Å². The molecule has 0 saturated heterocycles. The summed E-state index contributed by atoms with van der Waals surface area (Å²) in [5.41, 5.74) is 0. The van der Waals surface area contributed by atoms with Gasteiger partial charge in [-0.05, 0) is 77.0 Å². The van der Waals surface area contributed by atoms with Crippen molar-refractivity contribution in [2.45, 2.75) is 444 Å². The maximum atomic E-state index is 12.9. The van der Waals surface area contributed by atoms with Crippen LogP contribution in [-0.2, 0) is 32.7 Å². The zero-order chi connectivity index (χ0) is 69.7. The number of carbonyl (C=O) groups is 2. The number of hydrogen-bond donors (Lipinski definition) is 1. The van der Waals surface area contributed by atoms with Gasteiger partial charge >= 0.3 is 19.8 Å². The standard InChI is InChI=1S/C86H164NO8P/c1-6-8-10-12-14-16-18-20-22-24-26-28-30-32-34-36-38-40-41-42-43-44-45-47-49-51-53-55-57-59-61-63-65-67-69-71-73-75-77-79-86(89)95-84(83-94-96(90,91)93-81-80-87(3,4)5)82-92-85(88)78-76-74-72-70-68-66-64-62-60-58-56-54-52-50-48-46-39-37-35-33-31-29-27-25-23-21-19-17-15-13-11-9-7-2/h18,20,24-27,30,32,84H,6-17,19,21-23,28-29,31,33-83H2,1-5H3/p+1/b20-18-,26-24-,27-25-,32-30-. The highest BCUT2D eigenvalue weighted by atomic mass is 31.2. The van der Waals surface area contributed by atoms with Crippen molar-refractivity contribution in [2.24, 2.45) is 0 Å². The number of ether oxygens (including phenoxy) is 2. The maximum Gasteiger partial charge on any atom is 0.472 e. The molecule has 0 aromatic rings. The van der Waals surface area contributed by atoms with Crippen LogP contribution in [0.3, 0.4) is 0 Å². The van der Waals surface area contributed by atoms with Crippen LogP contribution in [0.25, 0.3) is 0 Å². The van der Waals surface area contributed by atoms with Gasteiger partial charge in [-0.2, -0.15) is 0 Å². The predicted molar refractivity (Wildman–Crippen MR) is 418 cm³/mol. The SMILES string of the molecule is CCCCCCC/C=C\C/C=C\C/C=C\CCCCCCCCCCCCCCCCCCCCCCCCCCC(=O)OC(COC(=O)CCCCCCCCCCCCCCCCCCCCCCC/C=C\CCCCCCCCCC)COP(=O)(O)OCC[N+](C)(C)C. The molecule has 0 radical (unpaired) electrons. The van der Waals surface area contributed by atoms with Crippen LogP contribution in [0.1, 0.15) is 438 Å². The van der Waals surface area contributed by atoms with E-state index in [1.165, 1.54) is 360 Å². The zero-order valence-corrected chi connectivity index (χ0v) is 65.8. The number of phosphoric acid groups is 1. The molecular weight excluding hydrogens is 1210 g/mol. The second-order valence-corrected chi connectivity index (χ2v) is 31.7. The monoisotopic (exact) mass is 1370 g/mol. The van der Waals surface area contributed by atoms with Gasteiger partial charge < -0.3 is 18.9 Å². The van der Waals surface area contributed by atoms with E-state index >= 15 is 0 Å². The molecule has 2 unspecified atom stereocenters. The number of esters is 2. The van der Waals surface area contributed by atoms with Crippen molar-refractivity contribution in [1.29, 1.82) is 0 Å². The molecule has 0 amide bonds. The Morgan fingerprint density at radius 1 is 0.323 bits per heavy atom. The molecule has 96 heavy (non-hydrogen) atoms. The third kappa shape index (κ3) is 80.9. The lowest BCUT2D eigenvalue weighted by molar-refractivity contribution is -0.870. The Morgan fingerprint density at radius 2 is 0.562 bits per heavy atom. The normalized spacial score (nSPS) is 13.2. The Kier molecular flexibility index (Phi) is 75.5. The molecule has 2 atom stereocenters. The van der Waals surface area contributed by atoms with E-state index in [9.17, 15) is 19.0 Å². The van der Waals surface area contributed by atoms with Crippen LogP contribution in [0.15, 0.2) is 48.6 Å². The zero-order valence-electron chi connectivity index (χ0n) is 64.9. The van der Waals surface area contributed by atoms with Crippen LogP contribution in [0.4, 0.5) is 0 Å². The van der Waals surface area contributed by atoms with Gasteiger partial charge in [0.2, 0.25) is 0 Å². The summed E-state index contributed by atoms with van der Waals surface area (Å²) < 4.78 is 34.9. The number of rotatable bonds is 80. The Bertz CT molecular complexity index is 1760. The maximum absolute atomic E-state index is 12.9. The summed E-state index contributed by atoms with van der Waals surface area (Å²) >= 11 is 0. The first-order chi connectivity index (χ1) is 47.0. The smallest absolute Gasteiger partial charge is 0.462 e. The van der Waals surface area contributed by atoms with Crippen molar-refractivity contribution < 1.29 is 42.1 Å².